The fraction of sp³-hybridized carbons (Fsp3) is 0.0303. The Hall–Kier alpha value is -4.80. The second kappa shape index (κ2) is 14.9. The number of para-hydroxylation sites is 3. The standard InChI is InChI=1S/C19H15BrN2O2.C14H13BrN2O2/c20-16-6-2-3-7-17(16)22-19(24)21-14-11-9-13(10-12-14)15-5-1-4-8-18(15)23;1-9-6-7-12(13(18)8-9)17-14(19)16-11-5-3-2-4-10(11)15/h1-12,23H,(H2,21,22,24);2-8,18H,1H3,(H2,16,17,19). The lowest BCUT2D eigenvalue weighted by Crippen LogP contribution is -2.19. The number of carbonyl (C=O) groups excluding carboxylic acids is 2. The molecule has 0 saturated carbocycles. The van der Waals surface area contributed by atoms with Gasteiger partial charge in [0.15, 0.2) is 0 Å². The molecule has 0 atom stereocenters. The molecule has 0 aliphatic heterocycles. The first-order valence-electron chi connectivity index (χ1n) is 13.0. The summed E-state index contributed by atoms with van der Waals surface area (Å²) in [5, 5.41) is 30.4. The van der Waals surface area contributed by atoms with Crippen LogP contribution >= 0.6 is 31.9 Å². The van der Waals surface area contributed by atoms with E-state index in [2.05, 4.69) is 53.1 Å². The van der Waals surface area contributed by atoms with E-state index in [1.807, 2.05) is 79.7 Å². The van der Waals surface area contributed by atoms with Crippen molar-refractivity contribution < 1.29 is 19.8 Å². The average molecular weight is 704 g/mol. The highest BCUT2D eigenvalue weighted by Crippen LogP contribution is 2.30. The third-order valence-corrected chi connectivity index (χ3v) is 7.39. The number of aryl methyl sites for hydroxylation is 1. The molecule has 0 aromatic heterocycles. The van der Waals surface area contributed by atoms with E-state index < -0.39 is 6.03 Å². The first-order chi connectivity index (χ1) is 20.7. The molecule has 0 fully saturated rings. The number of hydrogen-bond acceptors (Lipinski definition) is 4. The van der Waals surface area contributed by atoms with Crippen molar-refractivity contribution in [1.82, 2.24) is 0 Å². The summed E-state index contributed by atoms with van der Waals surface area (Å²) >= 11 is 6.73. The van der Waals surface area contributed by atoms with Crippen molar-refractivity contribution in [3.8, 4) is 22.6 Å². The van der Waals surface area contributed by atoms with Crippen molar-refractivity contribution in [3.05, 3.63) is 130 Å². The van der Waals surface area contributed by atoms with Crippen LogP contribution in [0.15, 0.2) is 124 Å². The summed E-state index contributed by atoms with van der Waals surface area (Å²) in [6.07, 6.45) is 0. The number of rotatable bonds is 5. The number of phenols is 2. The Bertz CT molecular complexity index is 1730. The van der Waals surface area contributed by atoms with Gasteiger partial charge in [0.05, 0.1) is 17.1 Å². The van der Waals surface area contributed by atoms with Gasteiger partial charge in [-0.3, -0.25) is 0 Å². The van der Waals surface area contributed by atoms with Gasteiger partial charge in [0.25, 0.3) is 0 Å². The largest absolute Gasteiger partial charge is 0.507 e. The van der Waals surface area contributed by atoms with Crippen molar-refractivity contribution >= 4 is 66.7 Å². The summed E-state index contributed by atoms with van der Waals surface area (Å²) in [4.78, 5) is 23.9. The van der Waals surface area contributed by atoms with E-state index >= 15 is 0 Å². The van der Waals surface area contributed by atoms with E-state index in [9.17, 15) is 19.8 Å². The number of anilines is 4. The molecule has 8 nitrogen and oxygen atoms in total. The zero-order chi connectivity index (χ0) is 30.8. The SMILES string of the molecule is Cc1ccc(NC(=O)Nc2ccccc2Br)c(O)c1.O=C(Nc1ccc(-c2ccccc2O)cc1)Nc1ccccc1Br. The third-order valence-electron chi connectivity index (χ3n) is 6.00. The first-order valence-corrected chi connectivity index (χ1v) is 14.6. The van der Waals surface area contributed by atoms with Crippen molar-refractivity contribution in [1.29, 1.82) is 0 Å². The van der Waals surface area contributed by atoms with Crippen LogP contribution in [0.1, 0.15) is 5.56 Å². The topological polar surface area (TPSA) is 123 Å². The Morgan fingerprint density at radius 1 is 0.558 bits per heavy atom. The monoisotopic (exact) mass is 702 g/mol. The lowest BCUT2D eigenvalue weighted by atomic mass is 10.0. The normalized spacial score (nSPS) is 10.1. The van der Waals surface area contributed by atoms with Gasteiger partial charge in [-0.25, -0.2) is 9.59 Å². The van der Waals surface area contributed by atoms with Gasteiger partial charge >= 0.3 is 12.1 Å². The average Bonchev–Trinajstić information content (AvgIpc) is 2.98. The van der Waals surface area contributed by atoms with Crippen LogP contribution in [0.4, 0.5) is 32.3 Å². The molecule has 0 aliphatic carbocycles. The zero-order valence-corrected chi connectivity index (χ0v) is 26.1. The number of hydrogen-bond donors (Lipinski definition) is 6. The molecule has 0 bridgehead atoms. The molecule has 10 heteroatoms. The molecule has 0 aliphatic rings. The predicted molar refractivity (Wildman–Crippen MR) is 180 cm³/mol. The summed E-state index contributed by atoms with van der Waals surface area (Å²) in [6, 6.07) is 33.4. The van der Waals surface area contributed by atoms with Gasteiger partial charge in [0.2, 0.25) is 0 Å². The second-order valence-electron chi connectivity index (χ2n) is 9.23. The quantitative estimate of drug-likeness (QED) is 0.102. The third kappa shape index (κ3) is 9.09. The smallest absolute Gasteiger partial charge is 0.323 e. The maximum atomic E-state index is 12.1. The number of halogens is 2. The van der Waals surface area contributed by atoms with Crippen molar-refractivity contribution in [2.45, 2.75) is 6.92 Å². The van der Waals surface area contributed by atoms with Crippen LogP contribution in [0.2, 0.25) is 0 Å². The van der Waals surface area contributed by atoms with Crippen molar-refractivity contribution in [2.24, 2.45) is 0 Å². The zero-order valence-electron chi connectivity index (χ0n) is 22.9. The molecule has 0 heterocycles. The Morgan fingerprint density at radius 2 is 1.07 bits per heavy atom. The van der Waals surface area contributed by atoms with E-state index in [1.165, 1.54) is 0 Å². The van der Waals surface area contributed by atoms with Crippen LogP contribution in [0.5, 0.6) is 11.5 Å². The summed E-state index contributed by atoms with van der Waals surface area (Å²) in [7, 11) is 0. The molecule has 5 aromatic rings. The van der Waals surface area contributed by atoms with E-state index in [0.717, 1.165) is 25.6 Å². The molecule has 0 spiro atoms. The van der Waals surface area contributed by atoms with Crippen molar-refractivity contribution in [2.75, 3.05) is 21.3 Å². The minimum atomic E-state index is -0.411. The molecule has 218 valence electrons. The Kier molecular flexibility index (Phi) is 10.8. The first kappa shape index (κ1) is 31.1. The maximum absolute atomic E-state index is 12.1. The summed E-state index contributed by atoms with van der Waals surface area (Å²) in [5.41, 5.74) is 4.95. The van der Waals surface area contributed by atoms with E-state index in [-0.39, 0.29) is 17.5 Å². The maximum Gasteiger partial charge on any atom is 0.323 e. The van der Waals surface area contributed by atoms with E-state index in [0.29, 0.717) is 22.7 Å². The van der Waals surface area contributed by atoms with Crippen LogP contribution in [0.3, 0.4) is 0 Å². The van der Waals surface area contributed by atoms with Crippen LogP contribution in [-0.2, 0) is 0 Å². The number of amides is 4. The summed E-state index contributed by atoms with van der Waals surface area (Å²) < 4.78 is 1.60. The summed E-state index contributed by atoms with van der Waals surface area (Å²) in [6.45, 7) is 1.87. The molecule has 43 heavy (non-hydrogen) atoms. The number of carbonyl (C=O) groups is 2. The Balaban J connectivity index is 0.000000203. The number of phenolic OH excluding ortho intramolecular Hbond substituents is 2. The molecule has 5 rings (SSSR count). The predicted octanol–water partition coefficient (Wildman–Crippen LogP) is 9.57. The highest BCUT2D eigenvalue weighted by molar-refractivity contribution is 9.11. The fourth-order valence-electron chi connectivity index (χ4n) is 3.88. The molecule has 0 radical (unpaired) electrons. The molecule has 6 N–H and O–H groups in total. The molecule has 4 amide bonds. The lowest BCUT2D eigenvalue weighted by molar-refractivity contribution is 0.261. The Morgan fingerprint density at radius 3 is 1.63 bits per heavy atom. The Labute approximate surface area is 266 Å². The molecular formula is C33H28Br2N4O4. The molecular weight excluding hydrogens is 676 g/mol. The minimum Gasteiger partial charge on any atom is -0.507 e. The number of aromatic hydroxyl groups is 2. The van der Waals surface area contributed by atoms with Gasteiger partial charge in [-0.1, -0.05) is 60.7 Å². The molecule has 0 saturated heterocycles. The number of nitrogens with one attached hydrogen (secondary N) is 4. The van der Waals surface area contributed by atoms with Gasteiger partial charge in [-0.05, 0) is 105 Å². The van der Waals surface area contributed by atoms with Crippen LogP contribution in [0.25, 0.3) is 11.1 Å². The van der Waals surface area contributed by atoms with Crippen LogP contribution < -0.4 is 21.3 Å². The van der Waals surface area contributed by atoms with Gasteiger partial charge in [-0.15, -0.1) is 0 Å². The van der Waals surface area contributed by atoms with Gasteiger partial charge in [0, 0.05) is 20.2 Å². The van der Waals surface area contributed by atoms with Gasteiger partial charge in [0.1, 0.15) is 11.5 Å². The summed E-state index contributed by atoms with van der Waals surface area (Å²) in [5.74, 6) is 0.271. The highest BCUT2D eigenvalue weighted by atomic mass is 79.9. The van der Waals surface area contributed by atoms with Crippen molar-refractivity contribution in [3.63, 3.8) is 0 Å². The van der Waals surface area contributed by atoms with E-state index in [1.54, 1.807) is 42.5 Å². The fourth-order valence-corrected chi connectivity index (χ4v) is 4.65. The van der Waals surface area contributed by atoms with Crippen LogP contribution in [0, 0.1) is 6.92 Å². The number of benzene rings is 5. The van der Waals surface area contributed by atoms with E-state index in [4.69, 9.17) is 0 Å². The second-order valence-corrected chi connectivity index (χ2v) is 10.9. The van der Waals surface area contributed by atoms with Gasteiger partial charge in [-0.2, -0.15) is 0 Å². The minimum absolute atomic E-state index is 0.0438. The lowest BCUT2D eigenvalue weighted by Gasteiger charge is -2.10. The molecule has 5 aromatic carbocycles. The number of urea groups is 2. The molecule has 0 unspecified atom stereocenters. The highest BCUT2D eigenvalue weighted by Gasteiger charge is 2.09. The van der Waals surface area contributed by atoms with Crippen LogP contribution in [-0.4, -0.2) is 22.3 Å². The van der Waals surface area contributed by atoms with Gasteiger partial charge < -0.3 is 31.5 Å².